The first kappa shape index (κ1) is 15.3. The van der Waals surface area contributed by atoms with Crippen molar-refractivity contribution in [1.29, 1.82) is 0 Å². The van der Waals surface area contributed by atoms with Crippen LogP contribution in [-0.2, 0) is 4.74 Å². The highest BCUT2D eigenvalue weighted by Gasteiger charge is 2.12. The van der Waals surface area contributed by atoms with E-state index in [2.05, 4.69) is 4.74 Å². The van der Waals surface area contributed by atoms with Crippen LogP contribution in [0.3, 0.4) is 0 Å². The number of halogens is 1. The van der Waals surface area contributed by atoms with Gasteiger partial charge in [0.15, 0.2) is 0 Å². The second-order valence-corrected chi connectivity index (χ2v) is 5.54. The minimum absolute atomic E-state index is 0.0331. The van der Waals surface area contributed by atoms with Gasteiger partial charge in [-0.3, -0.25) is 10.1 Å². The maximum Gasteiger partial charge on any atom is 0.339 e. The number of non-ortho nitro benzene ring substituents is 1. The summed E-state index contributed by atoms with van der Waals surface area (Å²) in [5.74, 6) is -0.508. The molecule has 7 heteroatoms. The quantitative estimate of drug-likeness (QED) is 0.479. The number of carbonyl (C=O) groups excluding carboxylic acids is 1. The van der Waals surface area contributed by atoms with E-state index >= 15 is 0 Å². The number of benzene rings is 2. The standard InChI is InChI=1S/C14H10ClNO4S/c1-20-14(17)12-8-11(6-7-13(12)15)21-10-4-2-9(3-5-10)16(18)19/h2-8H,1H3. The Morgan fingerprint density at radius 3 is 2.38 bits per heavy atom. The van der Waals surface area contributed by atoms with Crippen LogP contribution < -0.4 is 0 Å². The maximum atomic E-state index is 11.6. The monoisotopic (exact) mass is 323 g/mol. The highest BCUT2D eigenvalue weighted by molar-refractivity contribution is 7.99. The number of nitro benzene ring substituents is 1. The fraction of sp³-hybridized carbons (Fsp3) is 0.0714. The molecule has 0 unspecified atom stereocenters. The summed E-state index contributed by atoms with van der Waals surface area (Å²) in [6.45, 7) is 0. The summed E-state index contributed by atoms with van der Waals surface area (Å²) in [5.41, 5.74) is 0.316. The molecule has 0 saturated heterocycles. The lowest BCUT2D eigenvalue weighted by Gasteiger charge is -2.06. The predicted molar refractivity (Wildman–Crippen MR) is 80.0 cm³/mol. The summed E-state index contributed by atoms with van der Waals surface area (Å²) in [7, 11) is 1.29. The molecule has 0 aliphatic carbocycles. The van der Waals surface area contributed by atoms with Crippen molar-refractivity contribution in [3.63, 3.8) is 0 Å². The molecule has 0 aliphatic heterocycles. The van der Waals surface area contributed by atoms with Crippen molar-refractivity contribution >= 4 is 35.0 Å². The third-order valence-corrected chi connectivity index (χ3v) is 3.95. The average Bonchev–Trinajstić information content (AvgIpc) is 2.49. The van der Waals surface area contributed by atoms with Crippen molar-refractivity contribution in [2.24, 2.45) is 0 Å². The molecule has 0 saturated carbocycles. The minimum atomic E-state index is -0.508. The zero-order chi connectivity index (χ0) is 15.4. The number of esters is 1. The molecular formula is C14H10ClNO4S. The van der Waals surface area contributed by atoms with Crippen LogP contribution in [0.15, 0.2) is 52.3 Å². The molecule has 0 spiro atoms. The third-order valence-electron chi connectivity index (χ3n) is 2.63. The molecule has 0 atom stereocenters. The van der Waals surface area contributed by atoms with Crippen molar-refractivity contribution in [3.8, 4) is 0 Å². The van der Waals surface area contributed by atoms with Crippen LogP contribution in [0.4, 0.5) is 5.69 Å². The molecule has 2 rings (SSSR count). The van der Waals surface area contributed by atoms with Gasteiger partial charge in [-0.2, -0.15) is 0 Å². The van der Waals surface area contributed by atoms with Gasteiger partial charge in [0.2, 0.25) is 0 Å². The normalized spacial score (nSPS) is 10.2. The number of methoxy groups -OCH3 is 1. The van der Waals surface area contributed by atoms with Crippen LogP contribution in [0, 0.1) is 10.1 Å². The van der Waals surface area contributed by atoms with Gasteiger partial charge in [0.05, 0.1) is 22.6 Å². The fourth-order valence-corrected chi connectivity index (χ4v) is 2.66. The van der Waals surface area contributed by atoms with E-state index in [4.69, 9.17) is 11.6 Å². The lowest BCUT2D eigenvalue weighted by atomic mass is 10.2. The molecule has 2 aromatic carbocycles. The van der Waals surface area contributed by atoms with Gasteiger partial charge >= 0.3 is 5.97 Å². The Morgan fingerprint density at radius 1 is 1.19 bits per heavy atom. The zero-order valence-corrected chi connectivity index (χ0v) is 12.5. The summed E-state index contributed by atoms with van der Waals surface area (Å²) in [5, 5.41) is 10.9. The first-order valence-electron chi connectivity index (χ1n) is 5.81. The summed E-state index contributed by atoms with van der Waals surface area (Å²) >= 11 is 7.31. The first-order valence-corrected chi connectivity index (χ1v) is 7.01. The van der Waals surface area contributed by atoms with Crippen LogP contribution in [-0.4, -0.2) is 18.0 Å². The lowest BCUT2D eigenvalue weighted by molar-refractivity contribution is -0.384. The summed E-state index contributed by atoms with van der Waals surface area (Å²) in [6, 6.07) is 11.2. The van der Waals surface area contributed by atoms with Crippen LogP contribution in [0.5, 0.6) is 0 Å². The zero-order valence-electron chi connectivity index (χ0n) is 10.9. The molecule has 0 amide bonds. The molecule has 0 aromatic heterocycles. The van der Waals surface area contributed by atoms with Gasteiger partial charge in [-0.15, -0.1) is 0 Å². The number of hydrogen-bond acceptors (Lipinski definition) is 5. The fourth-order valence-electron chi connectivity index (χ4n) is 1.61. The Bertz CT molecular complexity index is 688. The van der Waals surface area contributed by atoms with Gasteiger partial charge in [-0.1, -0.05) is 23.4 Å². The van der Waals surface area contributed by atoms with Crippen molar-refractivity contribution in [2.45, 2.75) is 9.79 Å². The van der Waals surface area contributed by atoms with E-state index in [1.54, 1.807) is 30.3 Å². The number of hydrogen-bond donors (Lipinski definition) is 0. The van der Waals surface area contributed by atoms with E-state index in [0.717, 1.165) is 9.79 Å². The second kappa shape index (κ2) is 6.60. The van der Waals surface area contributed by atoms with E-state index < -0.39 is 10.9 Å². The van der Waals surface area contributed by atoms with Gasteiger partial charge in [0, 0.05) is 21.9 Å². The molecular weight excluding hydrogens is 314 g/mol. The average molecular weight is 324 g/mol. The van der Waals surface area contributed by atoms with Crippen LogP contribution in [0.2, 0.25) is 5.02 Å². The van der Waals surface area contributed by atoms with E-state index in [9.17, 15) is 14.9 Å². The molecule has 21 heavy (non-hydrogen) atoms. The van der Waals surface area contributed by atoms with Gasteiger partial charge in [0.25, 0.3) is 5.69 Å². The van der Waals surface area contributed by atoms with E-state index in [0.29, 0.717) is 5.02 Å². The van der Waals surface area contributed by atoms with Crippen molar-refractivity contribution in [3.05, 3.63) is 63.2 Å². The highest BCUT2D eigenvalue weighted by Crippen LogP contribution is 2.31. The topological polar surface area (TPSA) is 69.4 Å². The predicted octanol–water partition coefficient (Wildman–Crippen LogP) is 4.19. The molecule has 2 aromatic rings. The van der Waals surface area contributed by atoms with Crippen LogP contribution in [0.1, 0.15) is 10.4 Å². The lowest BCUT2D eigenvalue weighted by Crippen LogP contribution is -2.02. The third kappa shape index (κ3) is 3.74. The highest BCUT2D eigenvalue weighted by atomic mass is 35.5. The molecule has 0 bridgehead atoms. The smallest absolute Gasteiger partial charge is 0.339 e. The van der Waals surface area contributed by atoms with E-state index in [-0.39, 0.29) is 11.3 Å². The van der Waals surface area contributed by atoms with Gasteiger partial charge in [-0.25, -0.2) is 4.79 Å². The first-order chi connectivity index (χ1) is 10.0. The Hall–Kier alpha value is -2.05. The van der Waals surface area contributed by atoms with Crippen molar-refractivity contribution < 1.29 is 14.5 Å². The van der Waals surface area contributed by atoms with Crippen molar-refractivity contribution in [2.75, 3.05) is 7.11 Å². The molecule has 108 valence electrons. The summed E-state index contributed by atoms with van der Waals surface area (Å²) in [6.07, 6.45) is 0. The van der Waals surface area contributed by atoms with Gasteiger partial charge < -0.3 is 4.74 Å². The molecule has 5 nitrogen and oxygen atoms in total. The molecule has 0 heterocycles. The Balaban J connectivity index is 2.23. The SMILES string of the molecule is COC(=O)c1cc(Sc2ccc([N+](=O)[O-])cc2)ccc1Cl. The number of nitro groups is 1. The van der Waals surface area contributed by atoms with Gasteiger partial charge in [-0.05, 0) is 30.3 Å². The number of carbonyl (C=O) groups is 1. The number of rotatable bonds is 4. The summed E-state index contributed by atoms with van der Waals surface area (Å²) in [4.78, 5) is 23.3. The molecule has 0 aliphatic rings. The Labute approximate surface area is 130 Å². The Kier molecular flexibility index (Phi) is 4.82. The van der Waals surface area contributed by atoms with E-state index in [1.165, 1.54) is 31.0 Å². The number of nitrogens with zero attached hydrogens (tertiary/aromatic N) is 1. The molecule has 0 radical (unpaired) electrons. The summed E-state index contributed by atoms with van der Waals surface area (Å²) < 4.78 is 4.66. The van der Waals surface area contributed by atoms with Crippen molar-refractivity contribution in [1.82, 2.24) is 0 Å². The number of ether oxygens (including phenoxy) is 1. The van der Waals surface area contributed by atoms with E-state index in [1.807, 2.05) is 0 Å². The molecule has 0 fully saturated rings. The maximum absolute atomic E-state index is 11.6. The second-order valence-electron chi connectivity index (χ2n) is 3.99. The molecule has 0 N–H and O–H groups in total. The minimum Gasteiger partial charge on any atom is -0.465 e. The Morgan fingerprint density at radius 2 is 1.81 bits per heavy atom. The largest absolute Gasteiger partial charge is 0.465 e. The van der Waals surface area contributed by atoms with Crippen LogP contribution in [0.25, 0.3) is 0 Å². The van der Waals surface area contributed by atoms with Gasteiger partial charge in [0.1, 0.15) is 0 Å². The van der Waals surface area contributed by atoms with Crippen LogP contribution >= 0.6 is 23.4 Å².